The SMILES string of the molecule is COc1ccc(NC(=O)CCCOc2cccc(Br)c2)cc1OCC(N)=O. The number of carbonyl (C=O) groups excluding carboxylic acids is 2. The Balaban J connectivity index is 1.82. The Morgan fingerprint density at radius 3 is 2.63 bits per heavy atom. The van der Waals surface area contributed by atoms with E-state index < -0.39 is 5.91 Å². The molecule has 0 spiro atoms. The van der Waals surface area contributed by atoms with Gasteiger partial charge in [0.2, 0.25) is 5.91 Å². The van der Waals surface area contributed by atoms with E-state index in [0.717, 1.165) is 10.2 Å². The maximum Gasteiger partial charge on any atom is 0.255 e. The van der Waals surface area contributed by atoms with Crippen LogP contribution in [0.5, 0.6) is 17.2 Å². The average molecular weight is 437 g/mol. The molecule has 2 aromatic carbocycles. The lowest BCUT2D eigenvalue weighted by molar-refractivity contribution is -0.120. The predicted molar refractivity (Wildman–Crippen MR) is 105 cm³/mol. The van der Waals surface area contributed by atoms with Crippen LogP contribution in [0, 0.1) is 0 Å². The number of nitrogens with two attached hydrogens (primary N) is 1. The van der Waals surface area contributed by atoms with Crippen LogP contribution >= 0.6 is 15.9 Å². The lowest BCUT2D eigenvalue weighted by Gasteiger charge is -2.12. The number of hydrogen-bond acceptors (Lipinski definition) is 5. The summed E-state index contributed by atoms with van der Waals surface area (Å²) in [7, 11) is 1.48. The topological polar surface area (TPSA) is 99.9 Å². The number of rotatable bonds is 10. The summed E-state index contributed by atoms with van der Waals surface area (Å²) in [6.07, 6.45) is 0.872. The molecule has 0 aliphatic heterocycles. The number of benzene rings is 2. The van der Waals surface area contributed by atoms with Gasteiger partial charge in [0.1, 0.15) is 5.75 Å². The maximum atomic E-state index is 12.1. The molecule has 144 valence electrons. The second-order valence-electron chi connectivity index (χ2n) is 5.58. The Morgan fingerprint density at radius 2 is 1.93 bits per heavy atom. The molecule has 2 aromatic rings. The normalized spacial score (nSPS) is 10.1. The Hall–Kier alpha value is -2.74. The standard InChI is InChI=1S/C19H21BrN2O5/c1-25-16-8-7-14(11-17(16)27-12-18(21)23)22-19(24)6-3-9-26-15-5-2-4-13(20)10-15/h2,4-5,7-8,10-11H,3,6,9,12H2,1H3,(H2,21,23)(H,22,24). The van der Waals surface area contributed by atoms with Gasteiger partial charge < -0.3 is 25.3 Å². The molecule has 0 unspecified atom stereocenters. The highest BCUT2D eigenvalue weighted by molar-refractivity contribution is 9.10. The van der Waals surface area contributed by atoms with Crippen molar-refractivity contribution in [2.24, 2.45) is 5.73 Å². The summed E-state index contributed by atoms with van der Waals surface area (Å²) >= 11 is 3.38. The van der Waals surface area contributed by atoms with Crippen LogP contribution in [-0.4, -0.2) is 32.1 Å². The number of methoxy groups -OCH3 is 1. The molecular formula is C19H21BrN2O5. The molecule has 8 heteroatoms. The second-order valence-corrected chi connectivity index (χ2v) is 6.49. The summed E-state index contributed by atoms with van der Waals surface area (Å²) in [4.78, 5) is 23.0. The number of primary amides is 1. The molecule has 3 N–H and O–H groups in total. The van der Waals surface area contributed by atoms with E-state index in [2.05, 4.69) is 21.2 Å². The molecule has 2 rings (SSSR count). The van der Waals surface area contributed by atoms with Crippen LogP contribution in [0.15, 0.2) is 46.9 Å². The Labute approximate surface area is 165 Å². The summed E-state index contributed by atoms with van der Waals surface area (Å²) in [6, 6.07) is 12.4. The molecule has 2 amide bonds. The molecule has 0 saturated heterocycles. The third-order valence-corrected chi connectivity index (χ3v) is 3.92. The van der Waals surface area contributed by atoms with E-state index in [4.69, 9.17) is 19.9 Å². The first-order valence-electron chi connectivity index (χ1n) is 8.25. The summed E-state index contributed by atoms with van der Waals surface area (Å²) < 4.78 is 17.0. The van der Waals surface area contributed by atoms with Gasteiger partial charge in [-0.25, -0.2) is 0 Å². The van der Waals surface area contributed by atoms with Gasteiger partial charge in [-0.2, -0.15) is 0 Å². The minimum atomic E-state index is -0.600. The predicted octanol–water partition coefficient (Wildman–Crippen LogP) is 3.12. The number of amides is 2. The molecule has 7 nitrogen and oxygen atoms in total. The van der Waals surface area contributed by atoms with E-state index in [9.17, 15) is 9.59 Å². The molecule has 0 heterocycles. The van der Waals surface area contributed by atoms with Crippen molar-refractivity contribution < 1.29 is 23.8 Å². The summed E-state index contributed by atoms with van der Waals surface area (Å²) in [5.74, 6) is 0.760. The zero-order valence-electron chi connectivity index (χ0n) is 14.9. The van der Waals surface area contributed by atoms with E-state index >= 15 is 0 Å². The van der Waals surface area contributed by atoms with Crippen LogP contribution in [0.4, 0.5) is 5.69 Å². The highest BCUT2D eigenvalue weighted by atomic mass is 79.9. The molecule has 27 heavy (non-hydrogen) atoms. The smallest absolute Gasteiger partial charge is 0.255 e. The lowest BCUT2D eigenvalue weighted by Crippen LogP contribution is -2.20. The zero-order chi connectivity index (χ0) is 19.6. The van der Waals surface area contributed by atoms with Gasteiger partial charge in [-0.05, 0) is 36.8 Å². The highest BCUT2D eigenvalue weighted by Crippen LogP contribution is 2.30. The second kappa shape index (κ2) is 10.4. The van der Waals surface area contributed by atoms with Crippen molar-refractivity contribution in [2.75, 3.05) is 25.6 Å². The van der Waals surface area contributed by atoms with E-state index in [1.54, 1.807) is 18.2 Å². The number of nitrogens with one attached hydrogen (secondary N) is 1. The van der Waals surface area contributed by atoms with Crippen molar-refractivity contribution in [2.45, 2.75) is 12.8 Å². The van der Waals surface area contributed by atoms with Crippen molar-refractivity contribution in [3.63, 3.8) is 0 Å². The molecule has 0 aromatic heterocycles. The van der Waals surface area contributed by atoms with E-state index in [1.165, 1.54) is 7.11 Å². The van der Waals surface area contributed by atoms with Crippen LogP contribution < -0.4 is 25.3 Å². The zero-order valence-corrected chi connectivity index (χ0v) is 16.5. The number of anilines is 1. The molecule has 0 atom stereocenters. The monoisotopic (exact) mass is 436 g/mol. The van der Waals surface area contributed by atoms with E-state index in [-0.39, 0.29) is 12.5 Å². The van der Waals surface area contributed by atoms with Gasteiger partial charge in [-0.3, -0.25) is 9.59 Å². The molecule has 0 aliphatic carbocycles. The first kappa shape index (κ1) is 20.6. The van der Waals surface area contributed by atoms with Crippen LogP contribution in [0.2, 0.25) is 0 Å². The molecule has 0 radical (unpaired) electrons. The van der Waals surface area contributed by atoms with Crippen LogP contribution in [0.1, 0.15) is 12.8 Å². The fourth-order valence-electron chi connectivity index (χ4n) is 2.22. The van der Waals surface area contributed by atoms with Crippen LogP contribution in [-0.2, 0) is 9.59 Å². The van der Waals surface area contributed by atoms with Crippen LogP contribution in [0.3, 0.4) is 0 Å². The van der Waals surface area contributed by atoms with Crippen LogP contribution in [0.25, 0.3) is 0 Å². The van der Waals surface area contributed by atoms with Crippen molar-refractivity contribution >= 4 is 33.4 Å². The summed E-state index contributed by atoms with van der Waals surface area (Å²) in [5, 5.41) is 2.78. The molecule has 0 fully saturated rings. The Bertz CT molecular complexity index is 797. The number of carbonyl (C=O) groups is 2. The van der Waals surface area contributed by atoms with Gasteiger partial charge in [0.05, 0.1) is 13.7 Å². The third-order valence-electron chi connectivity index (χ3n) is 3.43. The fourth-order valence-corrected chi connectivity index (χ4v) is 2.60. The van der Waals surface area contributed by atoms with Gasteiger partial charge in [0.25, 0.3) is 5.91 Å². The lowest BCUT2D eigenvalue weighted by atomic mass is 10.2. The maximum absolute atomic E-state index is 12.1. The average Bonchev–Trinajstić information content (AvgIpc) is 2.64. The van der Waals surface area contributed by atoms with Crippen molar-refractivity contribution in [3.05, 3.63) is 46.9 Å². The van der Waals surface area contributed by atoms with Crippen molar-refractivity contribution in [1.29, 1.82) is 0 Å². The summed E-state index contributed by atoms with van der Waals surface area (Å²) in [5.41, 5.74) is 5.62. The fraction of sp³-hybridized carbons (Fsp3) is 0.263. The molecule has 0 bridgehead atoms. The molecular weight excluding hydrogens is 416 g/mol. The Morgan fingerprint density at radius 1 is 1.11 bits per heavy atom. The van der Waals surface area contributed by atoms with Crippen molar-refractivity contribution in [1.82, 2.24) is 0 Å². The highest BCUT2D eigenvalue weighted by Gasteiger charge is 2.09. The first-order valence-corrected chi connectivity index (χ1v) is 9.04. The number of ether oxygens (including phenoxy) is 3. The van der Waals surface area contributed by atoms with E-state index in [0.29, 0.717) is 36.6 Å². The van der Waals surface area contributed by atoms with Crippen molar-refractivity contribution in [3.8, 4) is 17.2 Å². The quantitative estimate of drug-likeness (QED) is 0.557. The number of hydrogen-bond donors (Lipinski definition) is 2. The van der Waals surface area contributed by atoms with Gasteiger partial charge >= 0.3 is 0 Å². The van der Waals surface area contributed by atoms with Gasteiger partial charge in [0.15, 0.2) is 18.1 Å². The third kappa shape index (κ3) is 7.18. The Kier molecular flexibility index (Phi) is 7.94. The first-order chi connectivity index (χ1) is 13.0. The number of halogens is 1. The van der Waals surface area contributed by atoms with Gasteiger partial charge in [0, 0.05) is 22.6 Å². The molecule has 0 saturated carbocycles. The minimum absolute atomic E-state index is 0.154. The van der Waals surface area contributed by atoms with Gasteiger partial charge in [-0.15, -0.1) is 0 Å². The molecule has 0 aliphatic rings. The largest absolute Gasteiger partial charge is 0.494 e. The van der Waals surface area contributed by atoms with Gasteiger partial charge in [-0.1, -0.05) is 22.0 Å². The minimum Gasteiger partial charge on any atom is -0.494 e. The van der Waals surface area contributed by atoms with E-state index in [1.807, 2.05) is 24.3 Å². The summed E-state index contributed by atoms with van der Waals surface area (Å²) in [6.45, 7) is 0.153.